The fourth-order valence-electron chi connectivity index (χ4n) is 2.17. The molecule has 0 unspecified atom stereocenters. The minimum atomic E-state index is -0.0419. The molecule has 0 spiro atoms. The number of para-hydroxylation sites is 1. The molecule has 0 aliphatic heterocycles. The van der Waals surface area contributed by atoms with Gasteiger partial charge in [-0.1, -0.05) is 32.0 Å². The molecule has 1 heterocycles. The summed E-state index contributed by atoms with van der Waals surface area (Å²) in [5.74, 6) is 1.40. The second-order valence-corrected chi connectivity index (χ2v) is 5.84. The van der Waals surface area contributed by atoms with Gasteiger partial charge in [-0.3, -0.25) is 4.79 Å². The van der Waals surface area contributed by atoms with Crippen LogP contribution < -0.4 is 10.6 Å². The molecular weight excluding hydrogens is 276 g/mol. The second kappa shape index (κ2) is 7.02. The standard InChI is InChI=1S/C17H22N4O/c1-11(2)10-16(22)18-14-8-9-15(21-20-14)19-17-12(3)6-5-7-13(17)4/h5-9,11H,10H2,1-4H3,(H,19,21)(H,18,20,22). The first-order valence-corrected chi connectivity index (χ1v) is 7.42. The summed E-state index contributed by atoms with van der Waals surface area (Å²) >= 11 is 0. The third-order valence-corrected chi connectivity index (χ3v) is 3.26. The summed E-state index contributed by atoms with van der Waals surface area (Å²) in [5.41, 5.74) is 3.33. The molecule has 2 rings (SSSR count). The lowest BCUT2D eigenvalue weighted by molar-refractivity contribution is -0.116. The summed E-state index contributed by atoms with van der Waals surface area (Å²) in [5, 5.41) is 14.2. The lowest BCUT2D eigenvalue weighted by atomic mass is 10.1. The molecule has 5 heteroatoms. The van der Waals surface area contributed by atoms with Crippen molar-refractivity contribution in [2.45, 2.75) is 34.1 Å². The predicted octanol–water partition coefficient (Wildman–Crippen LogP) is 3.82. The summed E-state index contributed by atoms with van der Waals surface area (Å²) < 4.78 is 0. The highest BCUT2D eigenvalue weighted by molar-refractivity contribution is 5.89. The highest BCUT2D eigenvalue weighted by Gasteiger charge is 2.07. The smallest absolute Gasteiger partial charge is 0.225 e. The van der Waals surface area contributed by atoms with E-state index in [-0.39, 0.29) is 5.91 Å². The van der Waals surface area contributed by atoms with Crippen LogP contribution in [-0.2, 0) is 4.79 Å². The number of anilines is 3. The largest absolute Gasteiger partial charge is 0.338 e. The zero-order chi connectivity index (χ0) is 16.1. The molecule has 0 atom stereocenters. The fourth-order valence-corrected chi connectivity index (χ4v) is 2.17. The first kappa shape index (κ1) is 15.9. The van der Waals surface area contributed by atoms with Gasteiger partial charge in [-0.05, 0) is 43.0 Å². The van der Waals surface area contributed by atoms with E-state index in [9.17, 15) is 4.79 Å². The van der Waals surface area contributed by atoms with Gasteiger partial charge in [-0.15, -0.1) is 10.2 Å². The Hall–Kier alpha value is -2.43. The molecule has 5 nitrogen and oxygen atoms in total. The van der Waals surface area contributed by atoms with Gasteiger partial charge in [-0.2, -0.15) is 0 Å². The monoisotopic (exact) mass is 298 g/mol. The third-order valence-electron chi connectivity index (χ3n) is 3.26. The van der Waals surface area contributed by atoms with Crippen molar-refractivity contribution in [3.05, 3.63) is 41.5 Å². The molecule has 0 saturated heterocycles. The molecule has 0 bridgehead atoms. The molecule has 0 fully saturated rings. The number of carbonyl (C=O) groups excluding carboxylic acids is 1. The number of benzene rings is 1. The molecule has 1 amide bonds. The molecule has 22 heavy (non-hydrogen) atoms. The summed E-state index contributed by atoms with van der Waals surface area (Å²) in [6.07, 6.45) is 0.476. The van der Waals surface area contributed by atoms with Crippen molar-refractivity contribution in [1.82, 2.24) is 10.2 Å². The van der Waals surface area contributed by atoms with E-state index < -0.39 is 0 Å². The topological polar surface area (TPSA) is 66.9 Å². The number of rotatable bonds is 5. The average Bonchev–Trinajstić information content (AvgIpc) is 2.44. The van der Waals surface area contributed by atoms with Crippen LogP contribution in [0.3, 0.4) is 0 Å². The van der Waals surface area contributed by atoms with E-state index in [0.717, 1.165) is 16.8 Å². The molecule has 2 aromatic rings. The summed E-state index contributed by atoms with van der Waals surface area (Å²) in [6, 6.07) is 9.67. The van der Waals surface area contributed by atoms with Crippen molar-refractivity contribution < 1.29 is 4.79 Å². The Labute approximate surface area is 131 Å². The van der Waals surface area contributed by atoms with Gasteiger partial charge in [0.2, 0.25) is 5.91 Å². The Morgan fingerprint density at radius 2 is 1.64 bits per heavy atom. The summed E-state index contributed by atoms with van der Waals surface area (Å²) in [6.45, 7) is 8.10. The Morgan fingerprint density at radius 1 is 1.05 bits per heavy atom. The van der Waals surface area contributed by atoms with E-state index in [1.165, 1.54) is 0 Å². The lowest BCUT2D eigenvalue weighted by Crippen LogP contribution is -2.15. The maximum atomic E-state index is 11.7. The van der Waals surface area contributed by atoms with Crippen LogP contribution in [0.1, 0.15) is 31.4 Å². The normalized spacial score (nSPS) is 10.6. The van der Waals surface area contributed by atoms with Crippen molar-refractivity contribution in [1.29, 1.82) is 0 Å². The number of nitrogens with one attached hydrogen (secondary N) is 2. The molecule has 0 aliphatic rings. The first-order chi connectivity index (χ1) is 10.5. The van der Waals surface area contributed by atoms with Crippen LogP contribution in [0.2, 0.25) is 0 Å². The Morgan fingerprint density at radius 3 is 2.18 bits per heavy atom. The van der Waals surface area contributed by atoms with Gasteiger partial charge in [-0.25, -0.2) is 0 Å². The molecule has 0 saturated carbocycles. The summed E-state index contributed by atoms with van der Waals surface area (Å²) in [7, 11) is 0. The fraction of sp³-hybridized carbons (Fsp3) is 0.353. The number of hydrogen-bond acceptors (Lipinski definition) is 4. The number of aromatic nitrogens is 2. The predicted molar refractivity (Wildman–Crippen MR) is 89.3 cm³/mol. The van der Waals surface area contributed by atoms with E-state index >= 15 is 0 Å². The van der Waals surface area contributed by atoms with Crippen LogP contribution in [0.25, 0.3) is 0 Å². The Bertz CT molecular complexity index is 630. The Balaban J connectivity index is 2.05. The molecule has 116 valence electrons. The highest BCUT2D eigenvalue weighted by atomic mass is 16.1. The molecule has 1 aromatic heterocycles. The zero-order valence-corrected chi connectivity index (χ0v) is 13.5. The Kier molecular flexibility index (Phi) is 5.09. The van der Waals surface area contributed by atoms with E-state index in [2.05, 4.69) is 20.8 Å². The zero-order valence-electron chi connectivity index (χ0n) is 13.5. The maximum absolute atomic E-state index is 11.7. The van der Waals surface area contributed by atoms with Crippen LogP contribution in [-0.4, -0.2) is 16.1 Å². The van der Waals surface area contributed by atoms with E-state index in [0.29, 0.717) is 24.0 Å². The number of nitrogens with zero attached hydrogens (tertiary/aromatic N) is 2. The highest BCUT2D eigenvalue weighted by Crippen LogP contribution is 2.23. The van der Waals surface area contributed by atoms with Gasteiger partial charge in [0.05, 0.1) is 0 Å². The van der Waals surface area contributed by atoms with Crippen LogP contribution >= 0.6 is 0 Å². The number of carbonyl (C=O) groups is 1. The molecular formula is C17H22N4O. The van der Waals surface area contributed by atoms with Crippen molar-refractivity contribution in [3.8, 4) is 0 Å². The van der Waals surface area contributed by atoms with Gasteiger partial charge < -0.3 is 10.6 Å². The maximum Gasteiger partial charge on any atom is 0.225 e. The SMILES string of the molecule is Cc1cccc(C)c1Nc1ccc(NC(=O)CC(C)C)nn1. The lowest BCUT2D eigenvalue weighted by Gasteiger charge is -2.12. The van der Waals surface area contributed by atoms with E-state index in [4.69, 9.17) is 0 Å². The minimum Gasteiger partial charge on any atom is -0.338 e. The number of aryl methyl sites for hydroxylation is 2. The first-order valence-electron chi connectivity index (χ1n) is 7.42. The van der Waals surface area contributed by atoms with E-state index in [1.807, 2.05) is 52.0 Å². The molecule has 1 aromatic carbocycles. The quantitative estimate of drug-likeness (QED) is 0.880. The van der Waals surface area contributed by atoms with Crippen LogP contribution in [0.4, 0.5) is 17.3 Å². The molecule has 0 radical (unpaired) electrons. The van der Waals surface area contributed by atoms with Crippen LogP contribution in [0, 0.1) is 19.8 Å². The van der Waals surface area contributed by atoms with Gasteiger partial charge in [0.1, 0.15) is 0 Å². The molecule has 0 aliphatic carbocycles. The van der Waals surface area contributed by atoms with Crippen LogP contribution in [0.15, 0.2) is 30.3 Å². The number of amides is 1. The second-order valence-electron chi connectivity index (χ2n) is 5.84. The van der Waals surface area contributed by atoms with Crippen molar-refractivity contribution >= 4 is 23.2 Å². The van der Waals surface area contributed by atoms with Crippen molar-refractivity contribution in [2.75, 3.05) is 10.6 Å². The molecule has 2 N–H and O–H groups in total. The minimum absolute atomic E-state index is 0.0419. The van der Waals surface area contributed by atoms with Gasteiger partial charge in [0.15, 0.2) is 11.6 Å². The van der Waals surface area contributed by atoms with Gasteiger partial charge in [0, 0.05) is 12.1 Å². The van der Waals surface area contributed by atoms with Crippen LogP contribution in [0.5, 0.6) is 0 Å². The third kappa shape index (κ3) is 4.28. The van der Waals surface area contributed by atoms with E-state index in [1.54, 1.807) is 6.07 Å². The average molecular weight is 298 g/mol. The summed E-state index contributed by atoms with van der Waals surface area (Å²) in [4.78, 5) is 11.7. The van der Waals surface area contributed by atoms with Gasteiger partial charge in [0.25, 0.3) is 0 Å². The van der Waals surface area contributed by atoms with Crippen molar-refractivity contribution in [3.63, 3.8) is 0 Å². The van der Waals surface area contributed by atoms with Gasteiger partial charge >= 0.3 is 0 Å². The van der Waals surface area contributed by atoms with Crippen molar-refractivity contribution in [2.24, 2.45) is 5.92 Å². The number of hydrogen-bond donors (Lipinski definition) is 2.